The van der Waals surface area contributed by atoms with Gasteiger partial charge in [-0.05, 0) is 36.6 Å². The number of hydrogen-bond donors (Lipinski definition) is 2. The van der Waals surface area contributed by atoms with Crippen LogP contribution in [0.25, 0.3) is 0 Å². The van der Waals surface area contributed by atoms with E-state index in [1.54, 1.807) is 0 Å². The van der Waals surface area contributed by atoms with Crippen molar-refractivity contribution < 1.29 is 29.3 Å². The predicted octanol–water partition coefficient (Wildman–Crippen LogP) is 1.01. The Bertz CT molecular complexity index is 707. The van der Waals surface area contributed by atoms with E-state index in [0.29, 0.717) is 6.29 Å². The van der Waals surface area contributed by atoms with Gasteiger partial charge in [-0.3, -0.25) is 14.4 Å². The van der Waals surface area contributed by atoms with Gasteiger partial charge in [0.1, 0.15) is 17.8 Å². The summed E-state index contributed by atoms with van der Waals surface area (Å²) in [5, 5.41) is 20.1. The Hall–Kier alpha value is -2.47. The number of carbonyl (C=O) groups excluding carboxylic acids is 3. The zero-order valence-corrected chi connectivity index (χ0v) is 11.6. The van der Waals surface area contributed by atoms with E-state index in [0.717, 1.165) is 0 Å². The van der Waals surface area contributed by atoms with Gasteiger partial charge >= 0.3 is 0 Å². The van der Waals surface area contributed by atoms with Gasteiger partial charge in [0.2, 0.25) is 5.78 Å². The van der Waals surface area contributed by atoms with Crippen molar-refractivity contribution >= 4 is 17.9 Å². The molecule has 1 aromatic rings. The van der Waals surface area contributed by atoms with E-state index in [4.69, 9.17) is 4.74 Å². The summed E-state index contributed by atoms with van der Waals surface area (Å²) in [6, 6.07) is 3.87. The van der Waals surface area contributed by atoms with Crippen molar-refractivity contribution in [2.24, 2.45) is 11.8 Å². The molecule has 0 amide bonds. The fourth-order valence-electron chi connectivity index (χ4n) is 3.10. The number of ether oxygens (including phenoxy) is 1. The average molecular weight is 302 g/mol. The molecule has 1 fully saturated rings. The molecule has 1 aliphatic heterocycles. The van der Waals surface area contributed by atoms with Gasteiger partial charge in [-0.2, -0.15) is 0 Å². The quantitative estimate of drug-likeness (QED) is 0.624. The molecule has 2 aliphatic rings. The van der Waals surface area contributed by atoms with Crippen LogP contribution in [0.2, 0.25) is 0 Å². The number of aliphatic hydroxyl groups is 1. The molecule has 1 saturated carbocycles. The third kappa shape index (κ3) is 1.88. The van der Waals surface area contributed by atoms with Crippen LogP contribution in [0.15, 0.2) is 30.4 Å². The lowest BCUT2D eigenvalue weighted by atomic mass is 9.70. The maximum atomic E-state index is 12.5. The van der Waals surface area contributed by atoms with Crippen molar-refractivity contribution in [3.8, 4) is 11.5 Å². The summed E-state index contributed by atoms with van der Waals surface area (Å²) < 4.78 is 5.40. The third-order valence-corrected chi connectivity index (χ3v) is 4.30. The zero-order chi connectivity index (χ0) is 16.1. The lowest BCUT2D eigenvalue weighted by molar-refractivity contribution is -0.198. The number of ketones is 2. The molecule has 1 aliphatic carbocycles. The molecule has 0 radical (unpaired) electrons. The number of phenolic OH excluding ortho intramolecular Hbond substituents is 1. The Morgan fingerprint density at radius 2 is 2.09 bits per heavy atom. The summed E-state index contributed by atoms with van der Waals surface area (Å²) >= 11 is 0. The number of aldehydes is 1. The Labute approximate surface area is 126 Å². The van der Waals surface area contributed by atoms with Gasteiger partial charge in [0.05, 0.1) is 17.4 Å². The van der Waals surface area contributed by atoms with Crippen molar-refractivity contribution in [2.45, 2.75) is 18.6 Å². The molecule has 22 heavy (non-hydrogen) atoms. The fraction of sp³-hybridized carbons (Fsp3) is 0.312. The monoisotopic (exact) mass is 302 g/mol. The second-order valence-electron chi connectivity index (χ2n) is 5.58. The first-order valence-corrected chi connectivity index (χ1v) is 6.85. The molecule has 0 saturated heterocycles. The molecule has 2 N–H and O–H groups in total. The lowest BCUT2D eigenvalue weighted by Crippen LogP contribution is -2.61. The predicted molar refractivity (Wildman–Crippen MR) is 74.4 cm³/mol. The molecule has 1 aromatic carbocycles. The number of rotatable bonds is 2. The first-order chi connectivity index (χ1) is 10.4. The van der Waals surface area contributed by atoms with Gasteiger partial charge in [0, 0.05) is 0 Å². The second-order valence-corrected chi connectivity index (χ2v) is 5.58. The van der Waals surface area contributed by atoms with Crippen LogP contribution in [0, 0.1) is 11.8 Å². The molecule has 0 aromatic heterocycles. The highest BCUT2D eigenvalue weighted by atomic mass is 16.6. The molecular weight excluding hydrogens is 288 g/mol. The van der Waals surface area contributed by atoms with Gasteiger partial charge in [-0.1, -0.05) is 6.58 Å². The highest BCUT2D eigenvalue weighted by Gasteiger charge is 2.58. The number of benzene rings is 1. The number of aromatic hydroxyl groups is 1. The lowest BCUT2D eigenvalue weighted by Gasteiger charge is -2.43. The van der Waals surface area contributed by atoms with E-state index < -0.39 is 29.2 Å². The van der Waals surface area contributed by atoms with Gasteiger partial charge in [0.25, 0.3) is 5.79 Å². The van der Waals surface area contributed by atoms with Crippen LogP contribution >= 0.6 is 0 Å². The van der Waals surface area contributed by atoms with Gasteiger partial charge in [-0.25, -0.2) is 0 Å². The summed E-state index contributed by atoms with van der Waals surface area (Å²) in [5.74, 6) is -5.45. The Morgan fingerprint density at radius 3 is 2.77 bits per heavy atom. The van der Waals surface area contributed by atoms with Crippen LogP contribution in [0.5, 0.6) is 11.5 Å². The van der Waals surface area contributed by atoms with Gasteiger partial charge < -0.3 is 14.9 Å². The van der Waals surface area contributed by atoms with Crippen molar-refractivity contribution in [1.82, 2.24) is 0 Å². The third-order valence-electron chi connectivity index (χ3n) is 4.30. The molecule has 6 heteroatoms. The fourth-order valence-corrected chi connectivity index (χ4v) is 3.10. The number of allylic oxidation sites excluding steroid dienone is 1. The number of hydrogen-bond acceptors (Lipinski definition) is 6. The van der Waals surface area contributed by atoms with Crippen LogP contribution < -0.4 is 4.74 Å². The molecule has 114 valence electrons. The van der Waals surface area contributed by atoms with E-state index in [-0.39, 0.29) is 35.5 Å². The van der Waals surface area contributed by atoms with E-state index >= 15 is 0 Å². The van der Waals surface area contributed by atoms with Crippen molar-refractivity contribution in [1.29, 1.82) is 0 Å². The maximum Gasteiger partial charge on any atom is 0.278 e. The van der Waals surface area contributed by atoms with Crippen LogP contribution in [-0.2, 0) is 9.59 Å². The molecule has 3 unspecified atom stereocenters. The van der Waals surface area contributed by atoms with E-state index in [9.17, 15) is 24.6 Å². The minimum atomic E-state index is -2.30. The Morgan fingerprint density at radius 1 is 1.36 bits per heavy atom. The second kappa shape index (κ2) is 4.78. The largest absolute Gasteiger partial charge is 0.508 e. The first kappa shape index (κ1) is 14.5. The van der Waals surface area contributed by atoms with Gasteiger partial charge in [0.15, 0.2) is 5.78 Å². The highest BCUT2D eigenvalue weighted by molar-refractivity contribution is 6.08. The molecule has 3 rings (SSSR count). The van der Waals surface area contributed by atoms with E-state index in [2.05, 4.69) is 6.58 Å². The molecule has 1 heterocycles. The first-order valence-electron chi connectivity index (χ1n) is 6.85. The molecular formula is C16H14O6. The molecule has 0 bridgehead atoms. The minimum Gasteiger partial charge on any atom is -0.508 e. The summed E-state index contributed by atoms with van der Waals surface area (Å²) in [7, 11) is 0. The Kier molecular flexibility index (Phi) is 3.14. The highest BCUT2D eigenvalue weighted by Crippen LogP contribution is 2.45. The topological polar surface area (TPSA) is 101 Å². The summed E-state index contributed by atoms with van der Waals surface area (Å²) in [4.78, 5) is 35.9. The van der Waals surface area contributed by atoms with Crippen molar-refractivity contribution in [3.05, 3.63) is 35.9 Å². The molecule has 6 nitrogen and oxygen atoms in total. The number of carbonyl (C=O) groups is 3. The average Bonchev–Trinajstić information content (AvgIpc) is 2.49. The van der Waals surface area contributed by atoms with E-state index in [1.807, 2.05) is 0 Å². The summed E-state index contributed by atoms with van der Waals surface area (Å²) in [6.07, 6.45) is 0.906. The SMILES string of the molecule is C=C(C=O)C1CCC2C(=O)c3cc(O)ccc3OC2(O)C1=O. The van der Waals surface area contributed by atoms with Crippen molar-refractivity contribution in [2.75, 3.05) is 0 Å². The van der Waals surface area contributed by atoms with Crippen molar-refractivity contribution in [3.63, 3.8) is 0 Å². The maximum absolute atomic E-state index is 12.5. The van der Waals surface area contributed by atoms with Crippen LogP contribution in [-0.4, -0.2) is 33.9 Å². The minimum absolute atomic E-state index is 0.0345. The van der Waals surface area contributed by atoms with E-state index in [1.165, 1.54) is 18.2 Å². The summed E-state index contributed by atoms with van der Waals surface area (Å²) in [6.45, 7) is 3.52. The smallest absolute Gasteiger partial charge is 0.278 e. The normalized spacial score (nSPS) is 30.0. The number of phenols is 1. The zero-order valence-electron chi connectivity index (χ0n) is 11.6. The van der Waals surface area contributed by atoms with Crippen LogP contribution in [0.1, 0.15) is 23.2 Å². The van der Waals surface area contributed by atoms with Crippen LogP contribution in [0.4, 0.5) is 0 Å². The molecule has 0 spiro atoms. The molecule has 3 atom stereocenters. The standard InChI is InChI=1S/C16H14O6/c1-8(7-17)10-3-4-12-14(19)11-6-9(18)2-5-13(11)22-16(12,21)15(10)20/h2,5-7,10,12,18,21H,1,3-4H2. The number of Topliss-reactive ketones (excluding diaryl/α,β-unsaturated/α-hetero) is 2. The van der Waals surface area contributed by atoms with Crippen LogP contribution in [0.3, 0.4) is 0 Å². The number of fused-ring (bicyclic) bond motifs is 2. The Balaban J connectivity index is 2.06. The summed E-state index contributed by atoms with van der Waals surface area (Å²) in [5.41, 5.74) is 0.194. The van der Waals surface area contributed by atoms with Gasteiger partial charge in [-0.15, -0.1) is 0 Å².